The fourth-order valence-electron chi connectivity index (χ4n) is 12.6. The predicted octanol–water partition coefficient (Wildman–Crippen LogP) is 6.34. The molecule has 0 bridgehead atoms. The van der Waals surface area contributed by atoms with E-state index in [2.05, 4.69) is 26.6 Å². The smallest absolute Gasteiger partial charge is 0.410 e. The van der Waals surface area contributed by atoms with Gasteiger partial charge in [0.2, 0.25) is 41.4 Å². The predicted molar refractivity (Wildman–Crippen MR) is 365 cm³/mol. The number of likely N-dealkylation sites (N-methyl/N-ethyl adjacent to an activating group) is 2. The lowest BCUT2D eigenvalue weighted by atomic mass is 9.89. The van der Waals surface area contributed by atoms with Gasteiger partial charge in [0.25, 0.3) is 11.8 Å². The second kappa shape index (κ2) is 39.2. The molecule has 10 amide bonds. The number of methoxy groups -OCH3 is 2. The van der Waals surface area contributed by atoms with Gasteiger partial charge >= 0.3 is 6.09 Å². The number of ether oxygens (including phenoxy) is 3. The van der Waals surface area contributed by atoms with Crippen molar-refractivity contribution in [2.75, 3.05) is 53.3 Å². The molecule has 0 spiro atoms. The Balaban J connectivity index is 1.18. The largest absolute Gasteiger partial charge is 0.445 e. The number of aliphatic hydroxyl groups excluding tert-OH is 1. The Labute approximate surface area is 566 Å². The molecule has 0 radical (unpaired) electrons. The quantitative estimate of drug-likeness (QED) is 0.0242. The number of carbonyl (C=O) groups excluding carboxylic acids is 10. The van der Waals surface area contributed by atoms with E-state index in [9.17, 15) is 53.1 Å². The molecule has 24 heteroatoms. The minimum absolute atomic E-state index is 0.0850. The van der Waals surface area contributed by atoms with Crippen molar-refractivity contribution in [3.63, 3.8) is 0 Å². The molecule has 2 aliphatic heterocycles. The zero-order valence-corrected chi connectivity index (χ0v) is 58.3. The summed E-state index contributed by atoms with van der Waals surface area (Å²) in [6, 6.07) is 19.0. The van der Waals surface area contributed by atoms with E-state index in [4.69, 9.17) is 19.9 Å². The maximum atomic E-state index is 14.8. The number of amides is 10. The molecule has 24 nitrogen and oxygen atoms in total. The second-order valence-electron chi connectivity index (χ2n) is 26.1. The molecule has 8 N–H and O–H groups in total. The highest BCUT2D eigenvalue weighted by Gasteiger charge is 2.44. The molecule has 1 fully saturated rings. The van der Waals surface area contributed by atoms with Crippen molar-refractivity contribution in [2.45, 2.75) is 200 Å². The van der Waals surface area contributed by atoms with E-state index < -0.39 is 108 Å². The Kier molecular flexibility index (Phi) is 32.1. The van der Waals surface area contributed by atoms with Crippen LogP contribution < -0.4 is 32.3 Å². The molecule has 1 unspecified atom stereocenters. The number of nitrogens with zero attached hydrogens (tertiary/aromatic N) is 4. The van der Waals surface area contributed by atoms with Crippen molar-refractivity contribution in [2.24, 2.45) is 29.4 Å². The number of nitrogens with one attached hydrogen (secondary N) is 5. The van der Waals surface area contributed by atoms with Crippen LogP contribution in [-0.2, 0) is 70.4 Å². The normalized spacial score (nSPS) is 17.3. The summed E-state index contributed by atoms with van der Waals surface area (Å²) in [6.07, 6.45) is 4.28. The topological polar surface area (TPSA) is 318 Å². The first-order valence-electron chi connectivity index (χ1n) is 33.9. The molecule has 96 heavy (non-hydrogen) atoms. The third-order valence-corrected chi connectivity index (χ3v) is 18.4. The van der Waals surface area contributed by atoms with Crippen LogP contribution in [0.4, 0.5) is 10.5 Å². The van der Waals surface area contributed by atoms with Crippen molar-refractivity contribution in [3.05, 3.63) is 114 Å². The average molecular weight is 1340 g/mol. The Morgan fingerprint density at radius 2 is 1.33 bits per heavy atom. The number of rotatable bonds is 39. The summed E-state index contributed by atoms with van der Waals surface area (Å²) in [7, 11) is 6.12. The van der Waals surface area contributed by atoms with Gasteiger partial charge < -0.3 is 61.4 Å². The number of imide groups is 1. The molecule has 3 aromatic carbocycles. The van der Waals surface area contributed by atoms with Crippen LogP contribution in [-0.4, -0.2) is 186 Å². The summed E-state index contributed by atoms with van der Waals surface area (Å²) in [5, 5.41) is 25.5. The fourth-order valence-corrected chi connectivity index (χ4v) is 12.6. The maximum Gasteiger partial charge on any atom is 0.410 e. The van der Waals surface area contributed by atoms with Gasteiger partial charge in [-0.2, -0.15) is 0 Å². The first-order chi connectivity index (χ1) is 45.8. The molecule has 0 aromatic heterocycles. The highest BCUT2D eigenvalue weighted by molar-refractivity contribution is 6.12. The summed E-state index contributed by atoms with van der Waals surface area (Å²) >= 11 is 0. The third-order valence-electron chi connectivity index (χ3n) is 18.4. The number of hydrogen-bond donors (Lipinski definition) is 7. The maximum absolute atomic E-state index is 14.8. The van der Waals surface area contributed by atoms with E-state index in [-0.39, 0.29) is 74.3 Å². The number of anilines is 1. The Hall–Kier alpha value is -8.06. The van der Waals surface area contributed by atoms with Crippen LogP contribution in [0.5, 0.6) is 0 Å². The highest BCUT2D eigenvalue weighted by atomic mass is 16.6. The lowest BCUT2D eigenvalue weighted by molar-refractivity contribution is -0.148. The third kappa shape index (κ3) is 22.8. The lowest BCUT2D eigenvalue weighted by Gasteiger charge is -2.41. The Bertz CT molecular complexity index is 3040. The summed E-state index contributed by atoms with van der Waals surface area (Å²) in [6.45, 7) is 15.5. The van der Waals surface area contributed by atoms with E-state index in [0.29, 0.717) is 81.3 Å². The zero-order valence-electron chi connectivity index (χ0n) is 58.3. The van der Waals surface area contributed by atoms with E-state index in [1.165, 1.54) is 38.3 Å². The molecule has 0 saturated carbocycles. The molecule has 2 aliphatic rings. The molecule has 0 aliphatic carbocycles. The van der Waals surface area contributed by atoms with Crippen LogP contribution in [0.25, 0.3) is 0 Å². The Morgan fingerprint density at radius 1 is 0.688 bits per heavy atom. The first kappa shape index (κ1) is 78.6. The average Bonchev–Trinajstić information content (AvgIpc) is 1.29. The number of carbonyl (C=O) groups is 10. The van der Waals surface area contributed by atoms with Crippen molar-refractivity contribution < 1.29 is 67.3 Å². The summed E-state index contributed by atoms with van der Waals surface area (Å²) in [5.74, 6) is -5.39. The van der Waals surface area contributed by atoms with Gasteiger partial charge in [0.05, 0.1) is 48.8 Å². The van der Waals surface area contributed by atoms with Gasteiger partial charge in [-0.05, 0) is 105 Å². The van der Waals surface area contributed by atoms with E-state index in [0.717, 1.165) is 10.5 Å². The van der Waals surface area contributed by atoms with Crippen LogP contribution >= 0.6 is 0 Å². The van der Waals surface area contributed by atoms with Gasteiger partial charge in [-0.25, -0.2) is 4.79 Å². The molecule has 2 heterocycles. The summed E-state index contributed by atoms with van der Waals surface area (Å²) in [5.41, 5.74) is 8.21. The lowest BCUT2D eigenvalue weighted by Crippen LogP contribution is -2.60. The van der Waals surface area contributed by atoms with Crippen molar-refractivity contribution in [1.29, 1.82) is 0 Å². The van der Waals surface area contributed by atoms with Gasteiger partial charge in [0.15, 0.2) is 0 Å². The molecule has 5 rings (SSSR count). The zero-order chi connectivity index (χ0) is 70.8. The van der Waals surface area contributed by atoms with Gasteiger partial charge in [0.1, 0.15) is 30.8 Å². The van der Waals surface area contributed by atoms with Crippen LogP contribution in [0.2, 0.25) is 0 Å². The van der Waals surface area contributed by atoms with Crippen molar-refractivity contribution >= 4 is 64.9 Å². The molecule has 528 valence electrons. The standard InChI is InChI=1S/C72H106N10O14/c1-13-47(6)64(57(94-11)43-61(86)81-41-25-31-56(81)66(95-12)48(7)67(88)74-49(8)65(87)52-28-19-15-20-29-52)79(9)71(92)62(45(2)3)78-70(91)63(46(4)5)80(10)72(93)96-44-51-33-35-53(36-34-51)75-68(89)54(30-22-23-39-73)77-69(90)55(42-50-26-17-14-18-27-50)76-58(83)32-21-16-24-40-82-59(84)37-38-60(82)85/h14-15,17-20,26-29,33-38,45-49,54-57,62-66,87H,13,16,21-25,30-32,39-44,73H2,1-12H3,(H,74,88)(H,75,89)(H,76,83)(H,77,90)(H,78,91)/t47-,48+,49+,54-,55-,56-,57+,62-,63?,64-,65-,66+/m0/s1. The van der Waals surface area contributed by atoms with E-state index in [1.54, 1.807) is 80.9 Å². The number of unbranched alkanes of at least 4 members (excludes halogenated alkanes) is 3. The van der Waals surface area contributed by atoms with Crippen LogP contribution in [0.15, 0.2) is 97.1 Å². The molecule has 12 atom stereocenters. The second-order valence-corrected chi connectivity index (χ2v) is 26.1. The van der Waals surface area contributed by atoms with E-state index in [1.807, 2.05) is 76.2 Å². The van der Waals surface area contributed by atoms with Gasteiger partial charge in [-0.15, -0.1) is 0 Å². The number of benzene rings is 3. The summed E-state index contributed by atoms with van der Waals surface area (Å²) in [4.78, 5) is 142. The number of hydrogen-bond acceptors (Lipinski definition) is 15. The minimum Gasteiger partial charge on any atom is -0.445 e. The number of aliphatic hydroxyl groups is 1. The molecular formula is C72H106N10O14. The van der Waals surface area contributed by atoms with Crippen LogP contribution in [0, 0.1) is 23.7 Å². The monoisotopic (exact) mass is 1330 g/mol. The number of likely N-dealkylation sites (tertiary alicyclic amines) is 1. The van der Waals surface area contributed by atoms with Gasteiger partial charge in [-0.3, -0.25) is 53.0 Å². The van der Waals surface area contributed by atoms with Gasteiger partial charge in [-0.1, -0.05) is 134 Å². The molecule has 1 saturated heterocycles. The summed E-state index contributed by atoms with van der Waals surface area (Å²) < 4.78 is 17.8. The highest BCUT2D eigenvalue weighted by Crippen LogP contribution is 2.31. The first-order valence-corrected chi connectivity index (χ1v) is 33.9. The minimum atomic E-state index is -1.07. The van der Waals surface area contributed by atoms with Gasteiger partial charge in [0, 0.05) is 72.1 Å². The number of nitrogens with two attached hydrogens (primary N) is 1. The van der Waals surface area contributed by atoms with Crippen LogP contribution in [0.1, 0.15) is 149 Å². The van der Waals surface area contributed by atoms with Crippen molar-refractivity contribution in [3.8, 4) is 0 Å². The van der Waals surface area contributed by atoms with E-state index >= 15 is 0 Å². The fraction of sp³-hybridized carbons (Fsp3) is 0.583. The van der Waals surface area contributed by atoms with Crippen molar-refractivity contribution in [1.82, 2.24) is 40.9 Å². The molecule has 3 aromatic rings. The SMILES string of the molecule is CC[C@H](C)[C@@H]([C@@H](CC(=O)N1CCC[C@H]1[C@H](OC)[C@@H](C)C(=O)N[C@H](C)[C@H](O)c1ccccc1)OC)N(C)C(=O)[C@@H](NC(=O)C(C(C)C)N(C)C(=O)OCc1ccc(NC(=O)[C@H](CCCCN)NC(=O)[C@H](Cc2ccccc2)NC(=O)CCCCCN2C(=O)C=CC2=O)cc1)C(C)C. The Morgan fingerprint density at radius 3 is 1.93 bits per heavy atom. The molecular weight excluding hydrogens is 1230 g/mol. The van der Waals surface area contributed by atoms with Crippen LogP contribution in [0.3, 0.4) is 0 Å².